The summed E-state index contributed by atoms with van der Waals surface area (Å²) in [6.45, 7) is 3.76. The molecule has 2 aromatic rings. The van der Waals surface area contributed by atoms with E-state index in [0.717, 1.165) is 37.2 Å². The number of likely N-dealkylation sites (tertiary alicyclic amines) is 1. The maximum absolute atomic E-state index is 12.2. The van der Waals surface area contributed by atoms with Gasteiger partial charge in [0.2, 0.25) is 0 Å². The third-order valence-corrected chi connectivity index (χ3v) is 4.69. The third-order valence-electron chi connectivity index (χ3n) is 4.69. The fraction of sp³-hybridized carbons (Fsp3) is 0.562. The van der Waals surface area contributed by atoms with E-state index < -0.39 is 6.36 Å². The molecule has 0 amide bonds. The summed E-state index contributed by atoms with van der Waals surface area (Å²) in [5.74, 6) is 0.594. The predicted octanol–water partition coefficient (Wildman–Crippen LogP) is 2.71. The molecule has 0 spiro atoms. The number of nitrogens with zero attached hydrogens (tertiary/aromatic N) is 5. The lowest BCUT2D eigenvalue weighted by Gasteiger charge is -2.35. The van der Waals surface area contributed by atoms with Gasteiger partial charge in [0.15, 0.2) is 5.82 Å². The van der Waals surface area contributed by atoms with Gasteiger partial charge in [-0.15, -0.1) is 18.3 Å². The summed E-state index contributed by atoms with van der Waals surface area (Å²) < 4.78 is 42.3. The highest BCUT2D eigenvalue weighted by molar-refractivity contribution is 5.28. The van der Waals surface area contributed by atoms with Crippen LogP contribution in [0, 0.1) is 0 Å². The monoisotopic (exact) mass is 355 g/mol. The summed E-state index contributed by atoms with van der Waals surface area (Å²) >= 11 is 0. The second kappa shape index (κ2) is 6.62. The third kappa shape index (κ3) is 4.28. The fourth-order valence-corrected chi connectivity index (χ4v) is 3.35. The number of aryl methyl sites for hydroxylation is 1. The normalized spacial score (nSPS) is 21.6. The lowest BCUT2D eigenvalue weighted by molar-refractivity contribution is -0.274. The largest absolute Gasteiger partial charge is 0.573 e. The first-order valence-electron chi connectivity index (χ1n) is 8.06. The van der Waals surface area contributed by atoms with E-state index in [1.54, 1.807) is 16.8 Å². The van der Waals surface area contributed by atoms with Gasteiger partial charge in [-0.25, -0.2) is 4.68 Å². The molecule has 0 aliphatic carbocycles. The summed E-state index contributed by atoms with van der Waals surface area (Å²) in [5.41, 5.74) is 0.887. The molecule has 1 saturated heterocycles. The Morgan fingerprint density at radius 1 is 1.24 bits per heavy atom. The van der Waals surface area contributed by atoms with Gasteiger partial charge in [0.1, 0.15) is 5.75 Å². The molecule has 1 aliphatic heterocycles. The Bertz CT molecular complexity index is 715. The van der Waals surface area contributed by atoms with Gasteiger partial charge in [-0.05, 0) is 60.9 Å². The maximum atomic E-state index is 12.2. The molecule has 1 aromatic heterocycles. The summed E-state index contributed by atoms with van der Waals surface area (Å²) in [6.07, 6.45) is -1.85. The van der Waals surface area contributed by atoms with Gasteiger partial charge >= 0.3 is 6.36 Å². The average molecular weight is 355 g/mol. The lowest BCUT2D eigenvalue weighted by atomic mass is 9.90. The number of benzene rings is 1. The molecule has 1 unspecified atom stereocenters. The number of alkyl halides is 3. The van der Waals surface area contributed by atoms with E-state index in [1.807, 2.05) is 7.05 Å². The molecule has 0 N–H and O–H groups in total. The minimum absolute atomic E-state index is 0.0850. The SMILES string of the molecule is Cn1nnnc1CN1CCCC1(C)Cc1ccc(OC(F)(F)F)cc1. The Morgan fingerprint density at radius 3 is 2.56 bits per heavy atom. The highest BCUT2D eigenvalue weighted by atomic mass is 19.4. The molecular formula is C16H20F3N5O. The number of tetrazole rings is 1. The van der Waals surface area contributed by atoms with Crippen LogP contribution in [0.25, 0.3) is 0 Å². The smallest absolute Gasteiger partial charge is 0.406 e. The van der Waals surface area contributed by atoms with E-state index >= 15 is 0 Å². The van der Waals surface area contributed by atoms with Crippen molar-refractivity contribution in [2.75, 3.05) is 6.54 Å². The summed E-state index contributed by atoms with van der Waals surface area (Å²) in [6, 6.07) is 6.09. The molecule has 0 bridgehead atoms. The van der Waals surface area contributed by atoms with Crippen molar-refractivity contribution >= 4 is 0 Å². The van der Waals surface area contributed by atoms with E-state index in [-0.39, 0.29) is 11.3 Å². The van der Waals surface area contributed by atoms with Crippen LogP contribution in [-0.2, 0) is 20.0 Å². The zero-order chi connectivity index (χ0) is 18.1. The lowest BCUT2D eigenvalue weighted by Crippen LogP contribution is -2.43. The Morgan fingerprint density at radius 2 is 1.96 bits per heavy atom. The fourth-order valence-electron chi connectivity index (χ4n) is 3.35. The Hall–Kier alpha value is -2.16. The number of ether oxygens (including phenoxy) is 1. The van der Waals surface area contributed by atoms with Crippen molar-refractivity contribution in [3.05, 3.63) is 35.7 Å². The van der Waals surface area contributed by atoms with Crippen LogP contribution in [0.4, 0.5) is 13.2 Å². The van der Waals surface area contributed by atoms with Crippen LogP contribution in [0.3, 0.4) is 0 Å². The van der Waals surface area contributed by atoms with Crippen LogP contribution in [-0.4, -0.2) is 43.6 Å². The molecule has 2 heterocycles. The van der Waals surface area contributed by atoms with E-state index in [0.29, 0.717) is 6.54 Å². The van der Waals surface area contributed by atoms with Crippen molar-refractivity contribution < 1.29 is 17.9 Å². The molecule has 3 rings (SSSR count). The van der Waals surface area contributed by atoms with Crippen LogP contribution < -0.4 is 4.74 Å². The van der Waals surface area contributed by atoms with Crippen LogP contribution in [0.1, 0.15) is 31.2 Å². The first-order chi connectivity index (χ1) is 11.8. The van der Waals surface area contributed by atoms with Gasteiger partial charge < -0.3 is 4.74 Å². The van der Waals surface area contributed by atoms with Crippen molar-refractivity contribution in [2.45, 2.75) is 44.6 Å². The molecule has 136 valence electrons. The molecule has 0 saturated carbocycles. The molecule has 1 aromatic carbocycles. The zero-order valence-corrected chi connectivity index (χ0v) is 14.1. The molecule has 1 atom stereocenters. The second-order valence-electron chi connectivity index (χ2n) is 6.61. The minimum Gasteiger partial charge on any atom is -0.406 e. The van der Waals surface area contributed by atoms with Crippen LogP contribution in [0.5, 0.6) is 5.75 Å². The van der Waals surface area contributed by atoms with Crippen molar-refractivity contribution in [2.24, 2.45) is 7.05 Å². The minimum atomic E-state index is -4.67. The van der Waals surface area contributed by atoms with E-state index in [9.17, 15) is 13.2 Å². The maximum Gasteiger partial charge on any atom is 0.573 e. The molecule has 25 heavy (non-hydrogen) atoms. The number of rotatable bonds is 5. The number of halogens is 3. The number of hydrogen-bond donors (Lipinski definition) is 0. The van der Waals surface area contributed by atoms with Crippen molar-refractivity contribution in [1.29, 1.82) is 0 Å². The Kier molecular flexibility index (Phi) is 4.68. The average Bonchev–Trinajstić information content (AvgIpc) is 3.07. The molecule has 6 nitrogen and oxygen atoms in total. The van der Waals surface area contributed by atoms with Crippen molar-refractivity contribution in [3.63, 3.8) is 0 Å². The molecule has 9 heteroatoms. The summed E-state index contributed by atoms with van der Waals surface area (Å²) in [4.78, 5) is 2.33. The Balaban J connectivity index is 1.68. The van der Waals surface area contributed by atoms with Gasteiger partial charge in [0, 0.05) is 12.6 Å². The van der Waals surface area contributed by atoms with Gasteiger partial charge in [-0.3, -0.25) is 4.90 Å². The molecule has 1 aliphatic rings. The number of aromatic nitrogens is 4. The highest BCUT2D eigenvalue weighted by Gasteiger charge is 2.37. The van der Waals surface area contributed by atoms with E-state index in [4.69, 9.17) is 0 Å². The zero-order valence-electron chi connectivity index (χ0n) is 14.1. The highest BCUT2D eigenvalue weighted by Crippen LogP contribution is 2.34. The van der Waals surface area contributed by atoms with Crippen molar-refractivity contribution in [1.82, 2.24) is 25.1 Å². The molecule has 0 radical (unpaired) electrons. The summed E-state index contributed by atoms with van der Waals surface area (Å²) in [5, 5.41) is 11.6. The second-order valence-corrected chi connectivity index (χ2v) is 6.61. The van der Waals surface area contributed by atoms with E-state index in [1.165, 1.54) is 12.1 Å². The van der Waals surface area contributed by atoms with Crippen LogP contribution in [0.15, 0.2) is 24.3 Å². The van der Waals surface area contributed by atoms with E-state index in [2.05, 4.69) is 32.1 Å². The molecular weight excluding hydrogens is 335 g/mol. The van der Waals surface area contributed by atoms with Gasteiger partial charge in [0.05, 0.1) is 6.54 Å². The van der Waals surface area contributed by atoms with Gasteiger partial charge in [-0.2, -0.15) is 0 Å². The van der Waals surface area contributed by atoms with Gasteiger partial charge in [0.25, 0.3) is 0 Å². The first-order valence-corrected chi connectivity index (χ1v) is 8.06. The van der Waals surface area contributed by atoms with Gasteiger partial charge in [-0.1, -0.05) is 12.1 Å². The molecule has 1 fully saturated rings. The van der Waals surface area contributed by atoms with Crippen LogP contribution >= 0.6 is 0 Å². The predicted molar refractivity (Wildman–Crippen MR) is 83.7 cm³/mol. The quantitative estimate of drug-likeness (QED) is 0.825. The topological polar surface area (TPSA) is 56.1 Å². The Labute approximate surface area is 143 Å². The summed E-state index contributed by atoms with van der Waals surface area (Å²) in [7, 11) is 1.81. The standard InChI is InChI=1S/C16H20F3N5O/c1-15(8-3-9-24(15)11-14-20-21-22-23(14)2)10-12-4-6-13(7-5-12)25-16(17,18)19/h4-7H,3,8-11H2,1-2H3. The first kappa shape index (κ1) is 17.7. The number of hydrogen-bond acceptors (Lipinski definition) is 5. The van der Waals surface area contributed by atoms with Crippen molar-refractivity contribution in [3.8, 4) is 5.75 Å². The van der Waals surface area contributed by atoms with Crippen LogP contribution in [0.2, 0.25) is 0 Å².